The Morgan fingerprint density at radius 2 is 0.983 bits per heavy atom. The smallest absolute Gasteiger partial charge is 0.238 e. The van der Waals surface area contributed by atoms with Gasteiger partial charge in [0.05, 0.1) is 22.1 Å². The summed E-state index contributed by atoms with van der Waals surface area (Å²) in [4.78, 5) is 15.3. The number of halogens is 1. The molecule has 6 nitrogen and oxygen atoms in total. The summed E-state index contributed by atoms with van der Waals surface area (Å²) in [6, 6.07) is 60.8. The van der Waals surface area contributed by atoms with Crippen LogP contribution in [0.4, 0.5) is 4.39 Å². The van der Waals surface area contributed by atoms with Gasteiger partial charge in [-0.2, -0.15) is 9.97 Å². The zero-order chi connectivity index (χ0) is 38.3. The van der Waals surface area contributed by atoms with E-state index < -0.39 is 0 Å². The minimum atomic E-state index is -0.360. The predicted molar refractivity (Wildman–Crippen MR) is 232 cm³/mol. The Kier molecular flexibility index (Phi) is 7.01. The van der Waals surface area contributed by atoms with Gasteiger partial charge in [0.25, 0.3) is 0 Å². The molecule has 12 rings (SSSR count). The molecular formula is C51H30FN5O. The van der Waals surface area contributed by atoms with Crippen LogP contribution in [0.1, 0.15) is 0 Å². The number of rotatable bonds is 5. The quantitative estimate of drug-likeness (QED) is 0.176. The SMILES string of the molecule is Fc1cccc(-c2nc(-c3ccccc3)nc(-n3c4ccccc4c4ccc5c6ccccc6n(-c6cc(-c7ccccc7)c7oc8ccccc8c7c6)c5c43)n2)c1. The Bertz CT molecular complexity index is 3590. The Morgan fingerprint density at radius 3 is 1.69 bits per heavy atom. The minimum absolute atomic E-state index is 0.360. The second kappa shape index (κ2) is 12.6. The van der Waals surface area contributed by atoms with Gasteiger partial charge in [0.1, 0.15) is 17.0 Å². The van der Waals surface area contributed by atoms with Crippen molar-refractivity contribution < 1.29 is 8.81 Å². The van der Waals surface area contributed by atoms with Crippen molar-refractivity contribution in [1.29, 1.82) is 0 Å². The van der Waals surface area contributed by atoms with Crippen molar-refractivity contribution in [3.05, 3.63) is 188 Å². The highest BCUT2D eigenvalue weighted by Gasteiger charge is 2.25. The number of hydrogen-bond donors (Lipinski definition) is 0. The average Bonchev–Trinajstić information content (AvgIpc) is 3.94. The maximum Gasteiger partial charge on any atom is 0.238 e. The van der Waals surface area contributed by atoms with Gasteiger partial charge in [-0.3, -0.25) is 4.57 Å². The summed E-state index contributed by atoms with van der Waals surface area (Å²) in [7, 11) is 0. The van der Waals surface area contributed by atoms with Crippen LogP contribution in [-0.2, 0) is 0 Å². The highest BCUT2D eigenvalue weighted by atomic mass is 19.1. The average molecular weight is 748 g/mol. The molecule has 0 aliphatic heterocycles. The molecule has 0 unspecified atom stereocenters. The zero-order valence-corrected chi connectivity index (χ0v) is 30.8. The normalized spacial score (nSPS) is 11.9. The Hall–Kier alpha value is -7.90. The number of para-hydroxylation sites is 3. The van der Waals surface area contributed by atoms with Gasteiger partial charge in [0.2, 0.25) is 5.95 Å². The van der Waals surface area contributed by atoms with Crippen molar-refractivity contribution >= 4 is 65.6 Å². The lowest BCUT2D eigenvalue weighted by Gasteiger charge is -2.14. The molecule has 0 amide bonds. The highest BCUT2D eigenvalue weighted by Crippen LogP contribution is 2.44. The van der Waals surface area contributed by atoms with Crippen molar-refractivity contribution in [2.24, 2.45) is 0 Å². The monoisotopic (exact) mass is 747 g/mol. The van der Waals surface area contributed by atoms with E-state index in [9.17, 15) is 4.39 Å². The second-order valence-electron chi connectivity index (χ2n) is 14.6. The third-order valence-electron chi connectivity index (χ3n) is 11.2. The minimum Gasteiger partial charge on any atom is -0.455 e. The molecule has 12 aromatic rings. The molecule has 4 aromatic heterocycles. The van der Waals surface area contributed by atoms with Crippen molar-refractivity contribution in [2.75, 3.05) is 0 Å². The Labute approximate surface area is 330 Å². The molecule has 4 heterocycles. The first-order valence-electron chi connectivity index (χ1n) is 19.2. The van der Waals surface area contributed by atoms with E-state index in [1.54, 1.807) is 6.07 Å². The molecule has 0 spiro atoms. The molecule has 8 aromatic carbocycles. The third kappa shape index (κ3) is 4.86. The predicted octanol–water partition coefficient (Wildman–Crippen LogP) is 13.1. The largest absolute Gasteiger partial charge is 0.455 e. The number of nitrogens with zero attached hydrogens (tertiary/aromatic N) is 5. The highest BCUT2D eigenvalue weighted by molar-refractivity contribution is 6.24. The molecule has 272 valence electrons. The maximum absolute atomic E-state index is 14.8. The fourth-order valence-corrected chi connectivity index (χ4v) is 8.69. The summed E-state index contributed by atoms with van der Waals surface area (Å²) in [6.45, 7) is 0. The summed E-state index contributed by atoms with van der Waals surface area (Å²) in [5.74, 6) is 0.950. The van der Waals surface area contributed by atoms with Crippen LogP contribution in [0, 0.1) is 5.82 Å². The molecule has 0 N–H and O–H groups in total. The second-order valence-corrected chi connectivity index (χ2v) is 14.6. The lowest BCUT2D eigenvalue weighted by molar-refractivity contribution is 0.628. The van der Waals surface area contributed by atoms with Gasteiger partial charge in [-0.25, -0.2) is 9.37 Å². The van der Waals surface area contributed by atoms with E-state index in [0.717, 1.165) is 87.9 Å². The fourth-order valence-electron chi connectivity index (χ4n) is 8.69. The van der Waals surface area contributed by atoms with Gasteiger partial charge in [0, 0.05) is 54.7 Å². The van der Waals surface area contributed by atoms with Crippen LogP contribution in [0.3, 0.4) is 0 Å². The summed E-state index contributed by atoms with van der Waals surface area (Å²) < 4.78 is 25.9. The molecule has 0 radical (unpaired) electrons. The number of aromatic nitrogens is 5. The molecule has 0 saturated heterocycles. The number of furan rings is 1. The van der Waals surface area contributed by atoms with Crippen LogP contribution >= 0.6 is 0 Å². The molecule has 0 atom stereocenters. The van der Waals surface area contributed by atoms with Crippen LogP contribution in [-0.4, -0.2) is 24.1 Å². The Balaban J connectivity index is 1.25. The van der Waals surface area contributed by atoms with Crippen molar-refractivity contribution in [3.8, 4) is 45.5 Å². The van der Waals surface area contributed by atoms with E-state index >= 15 is 0 Å². The number of hydrogen-bond acceptors (Lipinski definition) is 4. The topological polar surface area (TPSA) is 61.7 Å². The molecule has 0 bridgehead atoms. The summed E-state index contributed by atoms with van der Waals surface area (Å²) in [6.07, 6.45) is 0. The van der Waals surface area contributed by atoms with Crippen LogP contribution in [0.2, 0.25) is 0 Å². The van der Waals surface area contributed by atoms with Crippen LogP contribution in [0.5, 0.6) is 0 Å². The number of fused-ring (bicyclic) bond motifs is 10. The fraction of sp³-hybridized carbons (Fsp3) is 0. The molecule has 7 heteroatoms. The maximum atomic E-state index is 14.8. The third-order valence-corrected chi connectivity index (χ3v) is 11.2. The van der Waals surface area contributed by atoms with E-state index in [2.05, 4.69) is 112 Å². The van der Waals surface area contributed by atoms with Gasteiger partial charge < -0.3 is 8.98 Å². The van der Waals surface area contributed by atoms with Gasteiger partial charge in [-0.15, -0.1) is 0 Å². The van der Waals surface area contributed by atoms with Gasteiger partial charge in [-0.1, -0.05) is 140 Å². The first-order chi connectivity index (χ1) is 28.7. The van der Waals surface area contributed by atoms with E-state index in [0.29, 0.717) is 23.2 Å². The molecule has 0 aliphatic carbocycles. The van der Waals surface area contributed by atoms with Gasteiger partial charge >= 0.3 is 0 Å². The molecule has 0 fully saturated rings. The molecule has 0 saturated carbocycles. The first-order valence-corrected chi connectivity index (χ1v) is 19.2. The lowest BCUT2D eigenvalue weighted by Crippen LogP contribution is -2.07. The number of benzene rings is 8. The van der Waals surface area contributed by atoms with E-state index in [1.165, 1.54) is 12.1 Å². The van der Waals surface area contributed by atoms with E-state index in [1.807, 2.05) is 60.7 Å². The lowest BCUT2D eigenvalue weighted by atomic mass is 10.0. The first kappa shape index (κ1) is 32.4. The molecule has 58 heavy (non-hydrogen) atoms. The standard InChI is InChI=1S/C51H30FN5O/c52-34-19-13-18-33(28-34)50-53-49(32-16-5-2-6-17-32)54-51(55-50)57-44-24-11-8-21-37(44)40-27-26-39-36-20-7-10-23-43(36)56(46(39)47(40)57)35-29-41(31-14-3-1-4-15-31)48-42(30-35)38-22-9-12-25-45(38)58-48/h1-30H. The summed E-state index contributed by atoms with van der Waals surface area (Å²) >= 11 is 0. The van der Waals surface area contributed by atoms with Crippen LogP contribution in [0.15, 0.2) is 186 Å². The van der Waals surface area contributed by atoms with Crippen molar-refractivity contribution in [2.45, 2.75) is 0 Å². The van der Waals surface area contributed by atoms with Crippen LogP contribution in [0.25, 0.3) is 111 Å². The van der Waals surface area contributed by atoms with Crippen molar-refractivity contribution in [1.82, 2.24) is 24.1 Å². The van der Waals surface area contributed by atoms with Crippen molar-refractivity contribution in [3.63, 3.8) is 0 Å². The Morgan fingerprint density at radius 1 is 0.414 bits per heavy atom. The van der Waals surface area contributed by atoms with Gasteiger partial charge in [-0.05, 0) is 48.0 Å². The van der Waals surface area contributed by atoms with E-state index in [4.69, 9.17) is 19.4 Å². The van der Waals surface area contributed by atoms with Gasteiger partial charge in [0.15, 0.2) is 11.6 Å². The zero-order valence-electron chi connectivity index (χ0n) is 30.8. The summed E-state index contributed by atoms with van der Waals surface area (Å²) in [5.41, 5.74) is 10.1. The van der Waals surface area contributed by atoms with E-state index in [-0.39, 0.29) is 5.82 Å². The summed E-state index contributed by atoms with van der Waals surface area (Å²) in [5, 5.41) is 6.42. The molecular weight excluding hydrogens is 718 g/mol. The van der Waals surface area contributed by atoms with Crippen LogP contribution < -0.4 is 0 Å². The molecule has 0 aliphatic rings.